The highest BCUT2D eigenvalue weighted by Crippen LogP contribution is 2.26. The zero-order valence-corrected chi connectivity index (χ0v) is 15.5. The van der Waals surface area contributed by atoms with Gasteiger partial charge in [-0.15, -0.1) is 0 Å². The molecule has 0 heterocycles. The quantitative estimate of drug-likeness (QED) is 0.666. The Morgan fingerprint density at radius 1 is 0.962 bits per heavy atom. The SMILES string of the molecule is CCc1ccc(S(=O)(=O)NCCC(O)c2cccc3ccccc23)cc1. The van der Waals surface area contributed by atoms with Gasteiger partial charge >= 0.3 is 0 Å². The monoisotopic (exact) mass is 369 g/mol. The standard InChI is InChI=1S/C21H23NO3S/c1-2-16-10-12-18(13-11-16)26(24,25)22-15-14-21(23)20-9-5-7-17-6-3-4-8-19(17)20/h3-13,21-23H,2,14-15H2,1H3. The van der Waals surface area contributed by atoms with Crippen molar-refractivity contribution in [1.29, 1.82) is 0 Å². The van der Waals surface area contributed by atoms with Crippen molar-refractivity contribution in [3.05, 3.63) is 77.9 Å². The first-order valence-corrected chi connectivity index (χ1v) is 10.2. The van der Waals surface area contributed by atoms with Crippen LogP contribution in [0.25, 0.3) is 10.8 Å². The molecular formula is C21H23NO3S. The first kappa shape index (κ1) is 18.6. The van der Waals surface area contributed by atoms with Gasteiger partial charge in [-0.1, -0.05) is 61.5 Å². The minimum atomic E-state index is -3.57. The fourth-order valence-corrected chi connectivity index (χ4v) is 4.06. The van der Waals surface area contributed by atoms with Crippen LogP contribution in [0.4, 0.5) is 0 Å². The Labute approximate surface area is 154 Å². The molecule has 3 aromatic carbocycles. The topological polar surface area (TPSA) is 66.4 Å². The lowest BCUT2D eigenvalue weighted by Gasteiger charge is -2.14. The number of rotatable bonds is 7. The maximum Gasteiger partial charge on any atom is 0.240 e. The molecule has 0 bridgehead atoms. The van der Waals surface area contributed by atoms with Gasteiger partial charge in [0.25, 0.3) is 0 Å². The van der Waals surface area contributed by atoms with Crippen LogP contribution >= 0.6 is 0 Å². The van der Waals surface area contributed by atoms with E-state index < -0.39 is 16.1 Å². The molecule has 5 heteroatoms. The van der Waals surface area contributed by atoms with E-state index >= 15 is 0 Å². The highest BCUT2D eigenvalue weighted by atomic mass is 32.2. The molecule has 0 radical (unpaired) electrons. The lowest BCUT2D eigenvalue weighted by Crippen LogP contribution is -2.26. The third-order valence-corrected chi connectivity index (χ3v) is 6.01. The zero-order chi connectivity index (χ0) is 18.6. The summed E-state index contributed by atoms with van der Waals surface area (Å²) in [5.41, 5.74) is 1.91. The van der Waals surface area contributed by atoms with Gasteiger partial charge in [-0.2, -0.15) is 0 Å². The van der Waals surface area contributed by atoms with Crippen molar-refractivity contribution in [1.82, 2.24) is 4.72 Å². The second-order valence-corrected chi connectivity index (χ2v) is 8.04. The molecular weight excluding hydrogens is 346 g/mol. The fourth-order valence-electron chi connectivity index (χ4n) is 3.01. The van der Waals surface area contributed by atoms with E-state index in [2.05, 4.69) is 4.72 Å². The smallest absolute Gasteiger partial charge is 0.240 e. The summed E-state index contributed by atoms with van der Waals surface area (Å²) in [4.78, 5) is 0.245. The number of aliphatic hydroxyl groups excluding tert-OH is 1. The van der Waals surface area contributed by atoms with E-state index in [0.717, 1.165) is 28.3 Å². The first-order valence-electron chi connectivity index (χ1n) is 8.75. The van der Waals surface area contributed by atoms with E-state index in [1.54, 1.807) is 12.1 Å². The number of aryl methyl sites for hydroxylation is 1. The second-order valence-electron chi connectivity index (χ2n) is 6.27. The number of hydrogen-bond donors (Lipinski definition) is 2. The lowest BCUT2D eigenvalue weighted by molar-refractivity contribution is 0.170. The van der Waals surface area contributed by atoms with E-state index in [1.807, 2.05) is 61.5 Å². The van der Waals surface area contributed by atoms with Crippen molar-refractivity contribution in [3.63, 3.8) is 0 Å². The van der Waals surface area contributed by atoms with Crippen molar-refractivity contribution >= 4 is 20.8 Å². The van der Waals surface area contributed by atoms with Gasteiger partial charge in [0, 0.05) is 6.54 Å². The molecule has 1 atom stereocenters. The number of aliphatic hydroxyl groups is 1. The van der Waals surface area contributed by atoms with Crippen molar-refractivity contribution in [3.8, 4) is 0 Å². The molecule has 0 spiro atoms. The van der Waals surface area contributed by atoms with Gasteiger partial charge in [-0.05, 0) is 46.9 Å². The van der Waals surface area contributed by atoms with Gasteiger partial charge in [0.1, 0.15) is 0 Å². The average Bonchev–Trinajstić information content (AvgIpc) is 2.67. The first-order chi connectivity index (χ1) is 12.5. The van der Waals surface area contributed by atoms with Gasteiger partial charge < -0.3 is 5.11 Å². The summed E-state index contributed by atoms with van der Waals surface area (Å²) in [6.45, 7) is 2.19. The highest BCUT2D eigenvalue weighted by Gasteiger charge is 2.16. The maximum atomic E-state index is 12.4. The predicted molar refractivity (Wildman–Crippen MR) is 105 cm³/mol. The van der Waals surface area contributed by atoms with Crippen LogP contribution in [0.3, 0.4) is 0 Å². The molecule has 4 nitrogen and oxygen atoms in total. The molecule has 3 aromatic rings. The Kier molecular flexibility index (Phi) is 5.71. The molecule has 2 N–H and O–H groups in total. The van der Waals surface area contributed by atoms with Crippen LogP contribution in [0, 0.1) is 0 Å². The van der Waals surface area contributed by atoms with E-state index in [-0.39, 0.29) is 11.4 Å². The number of fused-ring (bicyclic) bond motifs is 1. The third kappa shape index (κ3) is 4.12. The molecule has 136 valence electrons. The largest absolute Gasteiger partial charge is 0.388 e. The summed E-state index contributed by atoms with van der Waals surface area (Å²) < 4.78 is 27.3. The Bertz CT molecular complexity index is 976. The average molecular weight is 369 g/mol. The summed E-state index contributed by atoms with van der Waals surface area (Å²) in [5, 5.41) is 12.6. The highest BCUT2D eigenvalue weighted by molar-refractivity contribution is 7.89. The molecule has 0 amide bonds. The Morgan fingerprint density at radius 2 is 1.65 bits per heavy atom. The summed E-state index contributed by atoms with van der Waals surface area (Å²) in [7, 11) is -3.57. The van der Waals surface area contributed by atoms with Gasteiger partial charge in [0.05, 0.1) is 11.0 Å². The van der Waals surface area contributed by atoms with Crippen molar-refractivity contribution in [2.75, 3.05) is 6.54 Å². The van der Waals surface area contributed by atoms with E-state index in [1.165, 1.54) is 0 Å². The molecule has 26 heavy (non-hydrogen) atoms. The molecule has 0 saturated carbocycles. The molecule has 3 rings (SSSR count). The van der Waals surface area contributed by atoms with Crippen LogP contribution in [-0.4, -0.2) is 20.1 Å². The molecule has 0 aromatic heterocycles. The van der Waals surface area contributed by atoms with Crippen molar-refractivity contribution < 1.29 is 13.5 Å². The minimum Gasteiger partial charge on any atom is -0.388 e. The van der Waals surface area contributed by atoms with Gasteiger partial charge in [-0.3, -0.25) is 0 Å². The summed E-state index contributed by atoms with van der Waals surface area (Å²) in [5.74, 6) is 0. The predicted octanol–water partition coefficient (Wildman–Crippen LogP) is 3.80. The summed E-state index contributed by atoms with van der Waals surface area (Å²) in [6, 6.07) is 20.5. The van der Waals surface area contributed by atoms with Crippen molar-refractivity contribution in [2.24, 2.45) is 0 Å². The third-order valence-electron chi connectivity index (χ3n) is 4.53. The molecule has 1 unspecified atom stereocenters. The Hall–Kier alpha value is -2.21. The number of benzene rings is 3. The molecule has 0 fully saturated rings. The van der Waals surface area contributed by atoms with Gasteiger partial charge in [0.2, 0.25) is 10.0 Å². The normalized spacial score (nSPS) is 13.0. The van der Waals surface area contributed by atoms with E-state index in [4.69, 9.17) is 0 Å². The molecule has 0 aliphatic rings. The van der Waals surface area contributed by atoms with Crippen LogP contribution in [0.2, 0.25) is 0 Å². The van der Waals surface area contributed by atoms with Crippen molar-refractivity contribution in [2.45, 2.75) is 30.8 Å². The maximum absolute atomic E-state index is 12.4. The van der Waals surface area contributed by atoms with Crippen LogP contribution in [0.1, 0.15) is 30.6 Å². The molecule has 0 saturated heterocycles. The number of nitrogens with one attached hydrogen (secondary N) is 1. The summed E-state index contributed by atoms with van der Waals surface area (Å²) >= 11 is 0. The van der Waals surface area contributed by atoms with Crippen LogP contribution in [0.5, 0.6) is 0 Å². The second kappa shape index (κ2) is 7.99. The Balaban J connectivity index is 1.66. The minimum absolute atomic E-state index is 0.169. The van der Waals surface area contributed by atoms with Crippen LogP contribution in [-0.2, 0) is 16.4 Å². The summed E-state index contributed by atoms with van der Waals surface area (Å²) in [6.07, 6.45) is 0.442. The fraction of sp³-hybridized carbons (Fsp3) is 0.238. The Morgan fingerprint density at radius 3 is 2.38 bits per heavy atom. The van der Waals surface area contributed by atoms with E-state index in [0.29, 0.717) is 6.42 Å². The van der Waals surface area contributed by atoms with Gasteiger partial charge in [0.15, 0.2) is 0 Å². The van der Waals surface area contributed by atoms with Crippen LogP contribution < -0.4 is 4.72 Å². The van der Waals surface area contributed by atoms with E-state index in [9.17, 15) is 13.5 Å². The number of hydrogen-bond acceptors (Lipinski definition) is 3. The van der Waals surface area contributed by atoms with Crippen LogP contribution in [0.15, 0.2) is 71.6 Å². The molecule has 0 aliphatic heterocycles. The molecule has 0 aliphatic carbocycles. The zero-order valence-electron chi connectivity index (χ0n) is 14.7. The van der Waals surface area contributed by atoms with Gasteiger partial charge in [-0.25, -0.2) is 13.1 Å². The number of sulfonamides is 1. The lowest BCUT2D eigenvalue weighted by atomic mass is 9.99.